The Labute approximate surface area is 208 Å². The van der Waals surface area contributed by atoms with Gasteiger partial charge in [0.15, 0.2) is 5.16 Å². The molecule has 0 aliphatic carbocycles. The molecule has 4 rings (SSSR count). The van der Waals surface area contributed by atoms with E-state index in [1.807, 2.05) is 68.7 Å². The number of carbonyl (C=O) groups excluding carboxylic acids is 3. The third-order valence-electron chi connectivity index (χ3n) is 5.74. The maximum Gasteiger partial charge on any atom is 0.321 e. The van der Waals surface area contributed by atoms with Crippen molar-refractivity contribution in [1.82, 2.24) is 25.4 Å². The van der Waals surface area contributed by atoms with E-state index in [2.05, 4.69) is 26.1 Å². The number of anilines is 1. The number of aryl methyl sites for hydroxylation is 4. The summed E-state index contributed by atoms with van der Waals surface area (Å²) < 4.78 is 1.91. The van der Waals surface area contributed by atoms with Crippen molar-refractivity contribution in [1.29, 1.82) is 0 Å². The summed E-state index contributed by atoms with van der Waals surface area (Å²) in [7, 11) is 0. The number of hydrogen-bond donors (Lipinski definition) is 3. The molecular weight excluding hydrogens is 464 g/mol. The van der Waals surface area contributed by atoms with E-state index < -0.39 is 12.1 Å². The molecule has 1 aromatic heterocycles. The van der Waals surface area contributed by atoms with Crippen LogP contribution in [0.1, 0.15) is 34.5 Å². The fourth-order valence-corrected chi connectivity index (χ4v) is 4.78. The van der Waals surface area contributed by atoms with Crippen LogP contribution in [0.3, 0.4) is 0 Å². The Kier molecular flexibility index (Phi) is 7.20. The van der Waals surface area contributed by atoms with E-state index in [1.54, 1.807) is 0 Å². The number of thioether (sulfide) groups is 1. The molecule has 1 aliphatic heterocycles. The van der Waals surface area contributed by atoms with Gasteiger partial charge in [-0.1, -0.05) is 41.6 Å². The first-order chi connectivity index (χ1) is 16.7. The Morgan fingerprint density at radius 2 is 1.80 bits per heavy atom. The minimum absolute atomic E-state index is 0.143. The van der Waals surface area contributed by atoms with Crippen molar-refractivity contribution < 1.29 is 14.4 Å². The Balaban J connectivity index is 1.57. The summed E-state index contributed by atoms with van der Waals surface area (Å²) in [5.74, 6) is 0.291. The van der Waals surface area contributed by atoms with Crippen molar-refractivity contribution >= 4 is 35.3 Å². The molecule has 2 heterocycles. The minimum Gasteiger partial charge on any atom is -0.334 e. The summed E-state index contributed by atoms with van der Waals surface area (Å²) in [6.45, 7) is 7.97. The highest BCUT2D eigenvalue weighted by molar-refractivity contribution is 7.99. The van der Waals surface area contributed by atoms with E-state index in [9.17, 15) is 14.4 Å². The van der Waals surface area contributed by atoms with E-state index >= 15 is 0 Å². The molecule has 0 saturated carbocycles. The fourth-order valence-electron chi connectivity index (χ4n) is 4.02. The molecule has 2 aromatic carbocycles. The number of aromatic nitrogens is 3. The molecule has 1 fully saturated rings. The zero-order valence-electron chi connectivity index (χ0n) is 20.1. The van der Waals surface area contributed by atoms with Gasteiger partial charge in [0.05, 0.1) is 11.4 Å². The highest BCUT2D eigenvalue weighted by Gasteiger charge is 2.27. The molecule has 1 unspecified atom stereocenters. The summed E-state index contributed by atoms with van der Waals surface area (Å²) >= 11 is 1.29. The molecule has 3 N–H and O–H groups in total. The van der Waals surface area contributed by atoms with Crippen molar-refractivity contribution in [3.8, 4) is 5.69 Å². The number of nitrogens with zero attached hydrogens (tertiary/aromatic N) is 3. The van der Waals surface area contributed by atoms with Crippen LogP contribution in [-0.4, -0.2) is 44.4 Å². The summed E-state index contributed by atoms with van der Waals surface area (Å²) in [4.78, 5) is 36.3. The van der Waals surface area contributed by atoms with Crippen molar-refractivity contribution in [3.63, 3.8) is 0 Å². The van der Waals surface area contributed by atoms with E-state index in [-0.39, 0.29) is 24.0 Å². The molecule has 182 valence electrons. The summed E-state index contributed by atoms with van der Waals surface area (Å²) in [5, 5.41) is 17.3. The van der Waals surface area contributed by atoms with Crippen LogP contribution in [0.4, 0.5) is 10.5 Å². The lowest BCUT2D eigenvalue weighted by atomic mass is 10.1. The molecule has 3 aromatic rings. The van der Waals surface area contributed by atoms with Gasteiger partial charge in [0.2, 0.25) is 11.8 Å². The van der Waals surface area contributed by atoms with Gasteiger partial charge in [-0.3, -0.25) is 19.5 Å². The number of urea groups is 1. The van der Waals surface area contributed by atoms with E-state index in [0.29, 0.717) is 17.4 Å². The summed E-state index contributed by atoms with van der Waals surface area (Å²) in [6.07, 6.45) is 0.487. The molecule has 35 heavy (non-hydrogen) atoms. The van der Waals surface area contributed by atoms with Crippen LogP contribution in [0, 0.1) is 27.7 Å². The second-order valence-electron chi connectivity index (χ2n) is 8.81. The molecule has 1 saturated heterocycles. The van der Waals surface area contributed by atoms with Crippen molar-refractivity contribution in [3.05, 3.63) is 64.5 Å². The standard InChI is InChI=1S/C25H28N6O3S/c1-14-6-8-19(17(4)9-14)27-23(33)13-35-25-30-29-21(11-18-12-22(32)28-24(34)26-18)31(25)20-10-15(2)5-7-16(20)3/h5-10,18H,11-13H2,1-4H3,(H,27,33)(H2,26,28,32,34). The third-order valence-corrected chi connectivity index (χ3v) is 6.67. The van der Waals surface area contributed by atoms with Gasteiger partial charge in [0.25, 0.3) is 0 Å². The topological polar surface area (TPSA) is 118 Å². The molecule has 0 radical (unpaired) electrons. The van der Waals surface area contributed by atoms with Gasteiger partial charge < -0.3 is 10.6 Å². The normalized spacial score (nSPS) is 15.5. The monoisotopic (exact) mass is 492 g/mol. The first kappa shape index (κ1) is 24.5. The van der Waals surface area contributed by atoms with Gasteiger partial charge >= 0.3 is 6.03 Å². The average Bonchev–Trinajstić information content (AvgIpc) is 3.17. The first-order valence-electron chi connectivity index (χ1n) is 11.3. The lowest BCUT2D eigenvalue weighted by molar-refractivity contribution is -0.121. The zero-order valence-corrected chi connectivity index (χ0v) is 21.0. The molecule has 9 nitrogen and oxygen atoms in total. The van der Waals surface area contributed by atoms with E-state index in [1.165, 1.54) is 11.8 Å². The molecule has 1 aliphatic rings. The van der Waals surface area contributed by atoms with Crippen LogP contribution in [0.2, 0.25) is 0 Å². The van der Waals surface area contributed by atoms with Crippen LogP contribution in [0.15, 0.2) is 41.6 Å². The van der Waals surface area contributed by atoms with Gasteiger partial charge in [-0.05, 0) is 56.5 Å². The second-order valence-corrected chi connectivity index (χ2v) is 9.75. The minimum atomic E-state index is -0.512. The zero-order chi connectivity index (χ0) is 25.1. The van der Waals surface area contributed by atoms with Crippen LogP contribution in [-0.2, 0) is 16.0 Å². The van der Waals surface area contributed by atoms with Crippen molar-refractivity contribution in [2.24, 2.45) is 0 Å². The molecule has 10 heteroatoms. The third kappa shape index (κ3) is 5.89. The molecular formula is C25H28N6O3S. The Hall–Kier alpha value is -3.66. The van der Waals surface area contributed by atoms with Crippen molar-refractivity contribution in [2.75, 3.05) is 11.1 Å². The van der Waals surface area contributed by atoms with Gasteiger partial charge in [0.1, 0.15) is 5.82 Å². The van der Waals surface area contributed by atoms with Crippen LogP contribution >= 0.6 is 11.8 Å². The predicted octanol–water partition coefficient (Wildman–Crippen LogP) is 3.37. The molecule has 1 atom stereocenters. The number of imide groups is 1. The number of carbonyl (C=O) groups is 3. The number of benzene rings is 2. The summed E-state index contributed by atoms with van der Waals surface area (Å²) in [6, 6.07) is 11.1. The average molecular weight is 493 g/mol. The smallest absolute Gasteiger partial charge is 0.321 e. The van der Waals surface area contributed by atoms with Crippen LogP contribution in [0.25, 0.3) is 5.69 Å². The predicted molar refractivity (Wildman–Crippen MR) is 135 cm³/mol. The van der Waals surface area contributed by atoms with Crippen LogP contribution < -0.4 is 16.0 Å². The molecule has 4 amide bonds. The SMILES string of the molecule is Cc1ccc(NC(=O)CSc2nnc(CC3CC(=O)NC(=O)N3)n2-c2cc(C)ccc2C)c(C)c1. The lowest BCUT2D eigenvalue weighted by Gasteiger charge is -2.23. The second kappa shape index (κ2) is 10.3. The van der Waals surface area contributed by atoms with E-state index in [4.69, 9.17) is 0 Å². The van der Waals surface area contributed by atoms with E-state index in [0.717, 1.165) is 33.6 Å². The molecule has 0 spiro atoms. The van der Waals surface area contributed by atoms with Gasteiger partial charge in [-0.25, -0.2) is 4.79 Å². The highest BCUT2D eigenvalue weighted by atomic mass is 32.2. The van der Waals surface area contributed by atoms with Gasteiger partial charge in [-0.15, -0.1) is 10.2 Å². The largest absolute Gasteiger partial charge is 0.334 e. The number of amides is 4. The fraction of sp³-hybridized carbons (Fsp3) is 0.320. The first-order valence-corrected chi connectivity index (χ1v) is 12.3. The molecule has 0 bridgehead atoms. The Bertz CT molecular complexity index is 1290. The lowest BCUT2D eigenvalue weighted by Crippen LogP contribution is -2.53. The summed E-state index contributed by atoms with van der Waals surface area (Å²) in [5.41, 5.74) is 5.90. The number of hydrogen-bond acceptors (Lipinski definition) is 6. The highest BCUT2D eigenvalue weighted by Crippen LogP contribution is 2.27. The van der Waals surface area contributed by atoms with Gasteiger partial charge in [0, 0.05) is 24.6 Å². The maximum atomic E-state index is 12.7. The Morgan fingerprint density at radius 3 is 2.54 bits per heavy atom. The quantitative estimate of drug-likeness (QED) is 0.435. The Morgan fingerprint density at radius 1 is 1.06 bits per heavy atom. The van der Waals surface area contributed by atoms with Crippen molar-refractivity contribution in [2.45, 2.75) is 51.7 Å². The van der Waals surface area contributed by atoms with Gasteiger partial charge in [-0.2, -0.15) is 0 Å². The van der Waals surface area contributed by atoms with Crippen LogP contribution in [0.5, 0.6) is 0 Å². The maximum absolute atomic E-state index is 12.7. The number of nitrogens with one attached hydrogen (secondary N) is 3. The number of rotatable bonds is 7.